The summed E-state index contributed by atoms with van der Waals surface area (Å²) in [5.74, 6) is 0.694. The monoisotopic (exact) mass is 233 g/mol. The van der Waals surface area contributed by atoms with Crippen LogP contribution in [-0.2, 0) is 0 Å². The minimum absolute atomic E-state index is 0.00306. The summed E-state index contributed by atoms with van der Waals surface area (Å²) in [6, 6.07) is 3.63. The molecule has 2 atom stereocenters. The topological polar surface area (TPSA) is 59.2 Å². The van der Waals surface area contributed by atoms with Gasteiger partial charge in [0.1, 0.15) is 5.69 Å². The zero-order valence-corrected chi connectivity index (χ0v) is 10.4. The number of hydrogen-bond donors (Lipinski definition) is 1. The van der Waals surface area contributed by atoms with E-state index in [2.05, 4.69) is 18.8 Å². The van der Waals surface area contributed by atoms with Gasteiger partial charge in [0.05, 0.1) is 0 Å². The summed E-state index contributed by atoms with van der Waals surface area (Å²) in [5.41, 5.74) is 6.71. The van der Waals surface area contributed by atoms with Gasteiger partial charge in [-0.05, 0) is 37.8 Å². The maximum absolute atomic E-state index is 12.3. The Labute approximate surface area is 102 Å². The lowest BCUT2D eigenvalue weighted by Gasteiger charge is -2.36. The first-order chi connectivity index (χ1) is 8.08. The first-order valence-electron chi connectivity index (χ1n) is 6.10. The van der Waals surface area contributed by atoms with E-state index >= 15 is 0 Å². The highest BCUT2D eigenvalue weighted by atomic mass is 16.2. The molecule has 4 nitrogen and oxygen atoms in total. The van der Waals surface area contributed by atoms with Crippen molar-refractivity contribution < 1.29 is 4.79 Å². The van der Waals surface area contributed by atoms with Crippen LogP contribution in [0.2, 0.25) is 0 Å². The number of carbonyl (C=O) groups excluding carboxylic acids is 1. The van der Waals surface area contributed by atoms with E-state index in [9.17, 15) is 4.79 Å². The second kappa shape index (κ2) is 4.73. The molecule has 1 aliphatic heterocycles. The highest BCUT2D eigenvalue weighted by Crippen LogP contribution is 2.23. The van der Waals surface area contributed by atoms with E-state index in [4.69, 9.17) is 5.73 Å². The lowest BCUT2D eigenvalue weighted by Crippen LogP contribution is -2.44. The van der Waals surface area contributed by atoms with Gasteiger partial charge in [0.2, 0.25) is 0 Å². The summed E-state index contributed by atoms with van der Waals surface area (Å²) < 4.78 is 0. The van der Waals surface area contributed by atoms with Crippen LogP contribution in [0, 0.1) is 5.92 Å². The number of aromatic nitrogens is 1. The fourth-order valence-corrected chi connectivity index (χ4v) is 2.42. The van der Waals surface area contributed by atoms with Gasteiger partial charge in [-0.3, -0.25) is 9.78 Å². The second-order valence-corrected chi connectivity index (χ2v) is 4.95. The molecule has 4 heteroatoms. The Morgan fingerprint density at radius 3 is 2.94 bits per heavy atom. The Bertz CT molecular complexity index is 419. The zero-order chi connectivity index (χ0) is 12.4. The molecule has 2 N–H and O–H groups in total. The first kappa shape index (κ1) is 11.9. The number of rotatable bonds is 1. The molecule has 0 aromatic carbocycles. The van der Waals surface area contributed by atoms with Crippen LogP contribution in [0.25, 0.3) is 0 Å². The standard InChI is InChI=1S/C13H19N3O/c1-9-4-6-16(10(2)7-9)13(17)12-8-11(14)3-5-15-12/h3,5,8-10H,4,6-7H2,1-2H3,(H2,14,15). The summed E-state index contributed by atoms with van der Waals surface area (Å²) in [4.78, 5) is 18.3. The molecule has 1 aliphatic rings. The van der Waals surface area contributed by atoms with Crippen molar-refractivity contribution >= 4 is 11.6 Å². The molecule has 0 aliphatic carbocycles. The molecule has 0 saturated carbocycles. The van der Waals surface area contributed by atoms with Crippen LogP contribution in [0.15, 0.2) is 18.3 Å². The molecule has 2 unspecified atom stereocenters. The number of anilines is 1. The molecule has 1 aromatic rings. The summed E-state index contributed by atoms with van der Waals surface area (Å²) in [5, 5.41) is 0. The van der Waals surface area contributed by atoms with E-state index < -0.39 is 0 Å². The molecule has 0 radical (unpaired) electrons. The maximum atomic E-state index is 12.3. The normalized spacial score (nSPS) is 24.7. The van der Waals surface area contributed by atoms with Crippen molar-refractivity contribution in [2.75, 3.05) is 12.3 Å². The van der Waals surface area contributed by atoms with E-state index in [1.165, 1.54) is 0 Å². The summed E-state index contributed by atoms with van der Waals surface area (Å²) in [6.45, 7) is 5.15. The minimum atomic E-state index is -0.00306. The Hall–Kier alpha value is -1.58. The quantitative estimate of drug-likeness (QED) is 0.806. The van der Waals surface area contributed by atoms with E-state index in [-0.39, 0.29) is 11.9 Å². The van der Waals surface area contributed by atoms with Crippen molar-refractivity contribution in [3.05, 3.63) is 24.0 Å². The highest BCUT2D eigenvalue weighted by molar-refractivity contribution is 5.93. The van der Waals surface area contributed by atoms with E-state index in [1.807, 2.05) is 4.90 Å². The molecular formula is C13H19N3O. The Kier molecular flexibility index (Phi) is 3.31. The average Bonchev–Trinajstić information content (AvgIpc) is 2.28. The van der Waals surface area contributed by atoms with Crippen LogP contribution >= 0.6 is 0 Å². The number of piperidine rings is 1. The molecule has 1 fully saturated rings. The number of likely N-dealkylation sites (tertiary alicyclic amines) is 1. The van der Waals surface area contributed by atoms with Gasteiger partial charge in [-0.1, -0.05) is 6.92 Å². The predicted molar refractivity (Wildman–Crippen MR) is 67.5 cm³/mol. The Morgan fingerprint density at radius 2 is 2.29 bits per heavy atom. The second-order valence-electron chi connectivity index (χ2n) is 4.95. The van der Waals surface area contributed by atoms with Crippen molar-refractivity contribution in [1.82, 2.24) is 9.88 Å². The summed E-state index contributed by atoms with van der Waals surface area (Å²) in [6.07, 6.45) is 3.71. The smallest absolute Gasteiger partial charge is 0.272 e. The van der Waals surface area contributed by atoms with Crippen LogP contribution in [0.5, 0.6) is 0 Å². The zero-order valence-electron chi connectivity index (χ0n) is 10.4. The van der Waals surface area contributed by atoms with Crippen LogP contribution in [0.4, 0.5) is 5.69 Å². The largest absolute Gasteiger partial charge is 0.399 e. The molecular weight excluding hydrogens is 214 g/mol. The van der Waals surface area contributed by atoms with Crippen LogP contribution in [-0.4, -0.2) is 28.4 Å². The average molecular weight is 233 g/mol. The summed E-state index contributed by atoms with van der Waals surface area (Å²) in [7, 11) is 0. The molecule has 92 valence electrons. The fourth-order valence-electron chi connectivity index (χ4n) is 2.42. The molecule has 1 amide bonds. The van der Waals surface area contributed by atoms with Gasteiger partial charge >= 0.3 is 0 Å². The van der Waals surface area contributed by atoms with Crippen LogP contribution in [0.1, 0.15) is 37.2 Å². The third-order valence-electron chi connectivity index (χ3n) is 3.40. The predicted octanol–water partition coefficient (Wildman–Crippen LogP) is 1.92. The van der Waals surface area contributed by atoms with E-state index in [0.29, 0.717) is 17.3 Å². The number of amides is 1. The number of hydrogen-bond acceptors (Lipinski definition) is 3. The van der Waals surface area contributed by atoms with Gasteiger partial charge in [-0.15, -0.1) is 0 Å². The Balaban J connectivity index is 2.15. The third-order valence-corrected chi connectivity index (χ3v) is 3.40. The van der Waals surface area contributed by atoms with E-state index in [0.717, 1.165) is 19.4 Å². The van der Waals surface area contributed by atoms with Crippen LogP contribution in [0.3, 0.4) is 0 Å². The van der Waals surface area contributed by atoms with Gasteiger partial charge in [0.15, 0.2) is 0 Å². The lowest BCUT2D eigenvalue weighted by atomic mass is 9.93. The Morgan fingerprint density at radius 1 is 1.53 bits per heavy atom. The molecule has 17 heavy (non-hydrogen) atoms. The van der Waals surface area contributed by atoms with Crippen molar-refractivity contribution in [2.45, 2.75) is 32.7 Å². The number of nitrogens with two attached hydrogens (primary N) is 1. The number of nitrogen functional groups attached to an aromatic ring is 1. The first-order valence-corrected chi connectivity index (χ1v) is 6.10. The van der Waals surface area contributed by atoms with E-state index in [1.54, 1.807) is 18.3 Å². The van der Waals surface area contributed by atoms with Crippen molar-refractivity contribution in [3.8, 4) is 0 Å². The van der Waals surface area contributed by atoms with Gasteiger partial charge in [-0.2, -0.15) is 0 Å². The lowest BCUT2D eigenvalue weighted by molar-refractivity contribution is 0.0582. The van der Waals surface area contributed by atoms with Gasteiger partial charge in [0, 0.05) is 24.5 Å². The highest BCUT2D eigenvalue weighted by Gasteiger charge is 2.27. The molecule has 2 heterocycles. The van der Waals surface area contributed by atoms with Gasteiger partial charge in [0.25, 0.3) is 5.91 Å². The fraction of sp³-hybridized carbons (Fsp3) is 0.538. The van der Waals surface area contributed by atoms with Gasteiger partial charge < -0.3 is 10.6 Å². The molecule has 1 saturated heterocycles. The SMILES string of the molecule is CC1CCN(C(=O)c2cc(N)ccn2)C(C)C1. The number of carbonyl (C=O) groups is 1. The molecule has 2 rings (SSSR count). The van der Waals surface area contributed by atoms with Crippen molar-refractivity contribution in [2.24, 2.45) is 5.92 Å². The third kappa shape index (κ3) is 2.57. The molecule has 1 aromatic heterocycles. The maximum Gasteiger partial charge on any atom is 0.272 e. The minimum Gasteiger partial charge on any atom is -0.399 e. The summed E-state index contributed by atoms with van der Waals surface area (Å²) >= 11 is 0. The van der Waals surface area contributed by atoms with Crippen LogP contribution < -0.4 is 5.73 Å². The van der Waals surface area contributed by atoms with Crippen molar-refractivity contribution in [3.63, 3.8) is 0 Å². The number of pyridine rings is 1. The molecule has 0 bridgehead atoms. The molecule has 0 spiro atoms. The van der Waals surface area contributed by atoms with Crippen molar-refractivity contribution in [1.29, 1.82) is 0 Å². The number of nitrogens with zero attached hydrogens (tertiary/aromatic N) is 2. The van der Waals surface area contributed by atoms with Gasteiger partial charge in [-0.25, -0.2) is 0 Å².